The Kier molecular flexibility index (Phi) is 2.17. The number of aromatic hydroxyl groups is 1. The van der Waals surface area contributed by atoms with Gasteiger partial charge in [-0.3, -0.25) is 0 Å². The van der Waals surface area contributed by atoms with E-state index < -0.39 is 0 Å². The molecule has 1 atom stereocenters. The van der Waals surface area contributed by atoms with Crippen molar-refractivity contribution in [2.75, 3.05) is 7.05 Å². The highest BCUT2D eigenvalue weighted by molar-refractivity contribution is 5.86. The van der Waals surface area contributed by atoms with Gasteiger partial charge >= 0.3 is 0 Å². The summed E-state index contributed by atoms with van der Waals surface area (Å²) in [6.45, 7) is 2.05. The van der Waals surface area contributed by atoms with E-state index in [0.717, 1.165) is 10.9 Å². The molecule has 0 fully saturated rings. The monoisotopic (exact) mass is 191 g/mol. The second-order valence-corrected chi connectivity index (χ2v) is 3.36. The van der Waals surface area contributed by atoms with Gasteiger partial charge in [-0.1, -0.05) is 12.1 Å². The Balaban J connectivity index is 2.63. The van der Waals surface area contributed by atoms with E-state index >= 15 is 0 Å². The Morgan fingerprint density at radius 2 is 2.21 bits per heavy atom. The van der Waals surface area contributed by atoms with Crippen LogP contribution in [0.4, 0.5) is 0 Å². The van der Waals surface area contributed by atoms with Gasteiger partial charge in [-0.05, 0) is 20.0 Å². The van der Waals surface area contributed by atoms with E-state index in [0.29, 0.717) is 5.58 Å². The summed E-state index contributed by atoms with van der Waals surface area (Å²) in [6, 6.07) is 5.61. The first-order valence-corrected chi connectivity index (χ1v) is 4.60. The second kappa shape index (κ2) is 3.35. The number of furan rings is 1. The summed E-state index contributed by atoms with van der Waals surface area (Å²) >= 11 is 0. The molecule has 1 heterocycles. The minimum atomic E-state index is 0.192. The SMILES string of the molecule is CNC(C)c1coc2c(O)cccc12. The van der Waals surface area contributed by atoms with Gasteiger partial charge in [0.25, 0.3) is 0 Å². The number of nitrogens with one attached hydrogen (secondary N) is 1. The van der Waals surface area contributed by atoms with Gasteiger partial charge in [-0.25, -0.2) is 0 Å². The van der Waals surface area contributed by atoms with Crippen LogP contribution < -0.4 is 5.32 Å². The number of phenolic OH excluding ortho intramolecular Hbond substituents is 1. The lowest BCUT2D eigenvalue weighted by Gasteiger charge is -2.07. The largest absolute Gasteiger partial charge is 0.504 e. The van der Waals surface area contributed by atoms with Crippen LogP contribution in [0.5, 0.6) is 5.75 Å². The molecule has 0 spiro atoms. The predicted octanol–water partition coefficient (Wildman–Crippen LogP) is 2.42. The summed E-state index contributed by atoms with van der Waals surface area (Å²) in [7, 11) is 1.90. The summed E-state index contributed by atoms with van der Waals surface area (Å²) < 4.78 is 5.31. The molecule has 1 aromatic heterocycles. The van der Waals surface area contributed by atoms with Crippen molar-refractivity contribution in [3.05, 3.63) is 30.0 Å². The zero-order valence-corrected chi connectivity index (χ0v) is 8.24. The van der Waals surface area contributed by atoms with Crippen LogP contribution in [0.2, 0.25) is 0 Å². The normalized spacial score (nSPS) is 13.3. The van der Waals surface area contributed by atoms with Gasteiger partial charge in [0.1, 0.15) is 0 Å². The van der Waals surface area contributed by atoms with Crippen LogP contribution in [0.1, 0.15) is 18.5 Å². The van der Waals surface area contributed by atoms with Gasteiger partial charge in [-0.2, -0.15) is 0 Å². The Morgan fingerprint density at radius 1 is 1.43 bits per heavy atom. The second-order valence-electron chi connectivity index (χ2n) is 3.36. The molecule has 3 heteroatoms. The first kappa shape index (κ1) is 9.09. The maximum atomic E-state index is 9.52. The molecule has 3 nitrogen and oxygen atoms in total. The van der Waals surface area contributed by atoms with E-state index in [1.165, 1.54) is 0 Å². The molecular weight excluding hydrogens is 178 g/mol. The fourth-order valence-electron chi connectivity index (χ4n) is 1.55. The fourth-order valence-corrected chi connectivity index (χ4v) is 1.55. The van der Waals surface area contributed by atoms with Gasteiger partial charge in [0.2, 0.25) is 0 Å². The van der Waals surface area contributed by atoms with E-state index in [9.17, 15) is 5.11 Å². The van der Waals surface area contributed by atoms with E-state index in [4.69, 9.17) is 4.42 Å². The maximum Gasteiger partial charge on any atom is 0.175 e. The first-order chi connectivity index (χ1) is 6.74. The first-order valence-electron chi connectivity index (χ1n) is 4.60. The molecule has 2 N–H and O–H groups in total. The molecule has 0 saturated carbocycles. The van der Waals surface area contributed by atoms with Gasteiger partial charge in [0, 0.05) is 17.0 Å². The molecular formula is C11H13NO2. The molecule has 0 aliphatic rings. The molecule has 2 rings (SSSR count). The lowest BCUT2D eigenvalue weighted by Crippen LogP contribution is -2.11. The highest BCUT2D eigenvalue weighted by Gasteiger charge is 2.12. The standard InChI is InChI=1S/C11H13NO2/c1-7(12-2)9-6-14-11-8(9)4-3-5-10(11)13/h3-7,12-13H,1-2H3. The fraction of sp³-hybridized carbons (Fsp3) is 0.273. The quantitative estimate of drug-likeness (QED) is 0.766. The average molecular weight is 191 g/mol. The minimum absolute atomic E-state index is 0.192. The molecule has 0 radical (unpaired) electrons. The summed E-state index contributed by atoms with van der Waals surface area (Å²) in [6.07, 6.45) is 1.69. The van der Waals surface area contributed by atoms with Crippen molar-refractivity contribution < 1.29 is 9.52 Å². The molecule has 2 aromatic rings. The predicted molar refractivity (Wildman–Crippen MR) is 55.4 cm³/mol. The van der Waals surface area contributed by atoms with Crippen molar-refractivity contribution in [1.29, 1.82) is 0 Å². The van der Waals surface area contributed by atoms with Crippen LogP contribution in [0.3, 0.4) is 0 Å². The number of fused-ring (bicyclic) bond motifs is 1. The number of hydrogen-bond donors (Lipinski definition) is 2. The molecule has 74 valence electrons. The molecule has 0 bridgehead atoms. The van der Waals surface area contributed by atoms with Crippen molar-refractivity contribution in [2.24, 2.45) is 0 Å². The Bertz CT molecular complexity index is 447. The van der Waals surface area contributed by atoms with Crippen LogP contribution in [-0.2, 0) is 0 Å². The van der Waals surface area contributed by atoms with Gasteiger partial charge in [-0.15, -0.1) is 0 Å². The molecule has 0 amide bonds. The van der Waals surface area contributed by atoms with Gasteiger partial charge in [0.05, 0.1) is 6.26 Å². The minimum Gasteiger partial charge on any atom is -0.504 e. The third kappa shape index (κ3) is 1.26. The Hall–Kier alpha value is -1.48. The number of hydrogen-bond acceptors (Lipinski definition) is 3. The van der Waals surface area contributed by atoms with Crippen LogP contribution in [0, 0.1) is 0 Å². The summed E-state index contributed by atoms with van der Waals surface area (Å²) in [5.74, 6) is 0.192. The molecule has 0 aliphatic heterocycles. The van der Waals surface area contributed by atoms with Crippen LogP contribution >= 0.6 is 0 Å². The zero-order valence-electron chi connectivity index (χ0n) is 8.24. The van der Waals surface area contributed by atoms with Crippen LogP contribution in [0.15, 0.2) is 28.9 Å². The topological polar surface area (TPSA) is 45.4 Å². The average Bonchev–Trinajstić information content (AvgIpc) is 2.62. The highest BCUT2D eigenvalue weighted by Crippen LogP contribution is 2.31. The number of phenols is 1. The molecule has 0 saturated heterocycles. The van der Waals surface area contributed by atoms with E-state index in [1.54, 1.807) is 12.3 Å². The van der Waals surface area contributed by atoms with E-state index in [1.807, 2.05) is 26.1 Å². The molecule has 1 aromatic carbocycles. The molecule has 1 unspecified atom stereocenters. The summed E-state index contributed by atoms with van der Waals surface area (Å²) in [5, 5.41) is 13.6. The van der Waals surface area contributed by atoms with E-state index in [2.05, 4.69) is 5.32 Å². The van der Waals surface area contributed by atoms with Gasteiger partial charge < -0.3 is 14.8 Å². The molecule has 14 heavy (non-hydrogen) atoms. The summed E-state index contributed by atoms with van der Waals surface area (Å²) in [4.78, 5) is 0. The zero-order chi connectivity index (χ0) is 10.1. The van der Waals surface area contributed by atoms with Crippen molar-refractivity contribution in [3.63, 3.8) is 0 Å². The third-order valence-electron chi connectivity index (χ3n) is 2.51. The lowest BCUT2D eigenvalue weighted by atomic mass is 10.1. The Morgan fingerprint density at radius 3 is 2.93 bits per heavy atom. The third-order valence-corrected chi connectivity index (χ3v) is 2.51. The molecule has 0 aliphatic carbocycles. The maximum absolute atomic E-state index is 9.52. The van der Waals surface area contributed by atoms with Crippen LogP contribution in [0.25, 0.3) is 11.0 Å². The van der Waals surface area contributed by atoms with Crippen molar-refractivity contribution in [1.82, 2.24) is 5.32 Å². The number of benzene rings is 1. The lowest BCUT2D eigenvalue weighted by molar-refractivity contribution is 0.464. The van der Waals surface area contributed by atoms with E-state index in [-0.39, 0.29) is 11.8 Å². The van der Waals surface area contributed by atoms with Crippen molar-refractivity contribution >= 4 is 11.0 Å². The number of para-hydroxylation sites is 1. The van der Waals surface area contributed by atoms with Gasteiger partial charge in [0.15, 0.2) is 11.3 Å². The van der Waals surface area contributed by atoms with Crippen molar-refractivity contribution in [2.45, 2.75) is 13.0 Å². The number of rotatable bonds is 2. The highest BCUT2D eigenvalue weighted by atomic mass is 16.3. The van der Waals surface area contributed by atoms with Crippen molar-refractivity contribution in [3.8, 4) is 5.75 Å². The smallest absolute Gasteiger partial charge is 0.175 e. The summed E-state index contributed by atoms with van der Waals surface area (Å²) in [5.41, 5.74) is 1.63. The Labute approximate surface area is 82.3 Å². The van der Waals surface area contributed by atoms with Crippen LogP contribution in [-0.4, -0.2) is 12.2 Å².